The number of anilines is 1. The molecule has 0 aliphatic rings. The van der Waals surface area contributed by atoms with Gasteiger partial charge in [0.1, 0.15) is 18.3 Å². The predicted molar refractivity (Wildman–Crippen MR) is 140 cm³/mol. The normalized spacial score (nSPS) is 12.3. The summed E-state index contributed by atoms with van der Waals surface area (Å²) in [4.78, 5) is 27.6. The van der Waals surface area contributed by atoms with Gasteiger partial charge < -0.3 is 15.0 Å². The van der Waals surface area contributed by atoms with Crippen LogP contribution in [-0.2, 0) is 26.2 Å². The molecule has 0 heterocycles. The molecular formula is C23H28Cl3N3O5S. The monoisotopic (exact) mass is 563 g/mol. The molecule has 0 bridgehead atoms. The van der Waals surface area contributed by atoms with Gasteiger partial charge in [-0.2, -0.15) is 0 Å². The summed E-state index contributed by atoms with van der Waals surface area (Å²) < 4.78 is 31.3. The Morgan fingerprint density at radius 3 is 2.11 bits per heavy atom. The lowest BCUT2D eigenvalue weighted by atomic mass is 10.1. The Morgan fingerprint density at radius 2 is 1.63 bits per heavy atom. The third-order valence-electron chi connectivity index (χ3n) is 5.09. The first-order valence-corrected chi connectivity index (χ1v) is 13.6. The average Bonchev–Trinajstić information content (AvgIpc) is 2.75. The zero-order valence-corrected chi connectivity index (χ0v) is 23.1. The second-order valence-corrected chi connectivity index (χ2v) is 11.3. The van der Waals surface area contributed by atoms with Crippen molar-refractivity contribution in [2.24, 2.45) is 0 Å². The molecule has 2 aromatic carbocycles. The maximum atomic E-state index is 13.5. The van der Waals surface area contributed by atoms with E-state index in [1.165, 1.54) is 30.2 Å². The SMILES string of the molecule is COc1ccc(N(CC(=O)N(Cc2c(Cl)cccc2Cl)[C@@H](C)C(=O)NC(C)C)S(C)(=O)=O)cc1Cl. The molecule has 2 amide bonds. The van der Waals surface area contributed by atoms with Gasteiger partial charge in [-0.05, 0) is 51.1 Å². The standard InChI is InChI=1S/C23H28Cl3N3O5S/c1-14(2)27-23(31)15(3)28(12-17-18(24)7-6-8-19(17)25)22(30)13-29(35(5,32)33)16-9-10-21(34-4)20(26)11-16/h6-11,14-15H,12-13H2,1-5H3,(H,27,31)/t15-/m0/s1. The van der Waals surface area contributed by atoms with Crippen LogP contribution in [0.2, 0.25) is 15.1 Å². The van der Waals surface area contributed by atoms with E-state index in [0.29, 0.717) is 21.4 Å². The molecule has 0 aliphatic carbocycles. The Balaban J connectivity index is 2.48. The molecule has 192 valence electrons. The molecule has 2 rings (SSSR count). The van der Waals surface area contributed by atoms with Gasteiger partial charge in [-0.1, -0.05) is 40.9 Å². The molecule has 0 saturated heterocycles. The summed E-state index contributed by atoms with van der Waals surface area (Å²) in [6.07, 6.45) is 0.975. The van der Waals surface area contributed by atoms with Crippen LogP contribution in [0.15, 0.2) is 36.4 Å². The summed E-state index contributed by atoms with van der Waals surface area (Å²) in [5.74, 6) is -0.691. The molecule has 0 spiro atoms. The predicted octanol–water partition coefficient (Wildman–Crippen LogP) is 4.36. The van der Waals surface area contributed by atoms with Gasteiger partial charge >= 0.3 is 0 Å². The fourth-order valence-corrected chi connectivity index (χ4v) is 4.88. The van der Waals surface area contributed by atoms with Crippen LogP contribution in [-0.4, -0.2) is 57.1 Å². The lowest BCUT2D eigenvalue weighted by molar-refractivity contribution is -0.139. The van der Waals surface area contributed by atoms with Crippen molar-refractivity contribution in [3.05, 3.63) is 57.0 Å². The van der Waals surface area contributed by atoms with Crippen molar-refractivity contribution in [1.82, 2.24) is 10.2 Å². The summed E-state index contributed by atoms with van der Waals surface area (Å²) in [7, 11) is -2.47. The Labute approximate surface area is 221 Å². The molecule has 8 nitrogen and oxygen atoms in total. The van der Waals surface area contributed by atoms with E-state index in [1.54, 1.807) is 39.0 Å². The minimum Gasteiger partial charge on any atom is -0.495 e. The smallest absolute Gasteiger partial charge is 0.244 e. The minimum atomic E-state index is -3.90. The van der Waals surface area contributed by atoms with Crippen molar-refractivity contribution in [2.45, 2.75) is 39.4 Å². The van der Waals surface area contributed by atoms with E-state index in [9.17, 15) is 18.0 Å². The number of carbonyl (C=O) groups is 2. The van der Waals surface area contributed by atoms with Crippen molar-refractivity contribution < 1.29 is 22.7 Å². The largest absolute Gasteiger partial charge is 0.495 e. The number of nitrogens with one attached hydrogen (secondary N) is 1. The van der Waals surface area contributed by atoms with Gasteiger partial charge in [-0.25, -0.2) is 8.42 Å². The third kappa shape index (κ3) is 7.64. The van der Waals surface area contributed by atoms with E-state index in [-0.39, 0.29) is 23.3 Å². The molecular weight excluding hydrogens is 537 g/mol. The summed E-state index contributed by atoms with van der Waals surface area (Å²) in [5.41, 5.74) is 0.605. The van der Waals surface area contributed by atoms with Gasteiger partial charge in [0.05, 0.1) is 24.1 Å². The third-order valence-corrected chi connectivity index (χ3v) is 7.24. The first-order chi connectivity index (χ1) is 16.3. The molecule has 0 fully saturated rings. The zero-order valence-electron chi connectivity index (χ0n) is 20.0. The number of nitrogens with zero attached hydrogens (tertiary/aromatic N) is 2. The van der Waals surface area contributed by atoms with Crippen LogP contribution in [0.4, 0.5) is 5.69 Å². The van der Waals surface area contributed by atoms with E-state index in [1.807, 2.05) is 0 Å². The lowest BCUT2D eigenvalue weighted by Gasteiger charge is -2.32. The molecule has 1 atom stereocenters. The van der Waals surface area contributed by atoms with E-state index in [4.69, 9.17) is 39.5 Å². The summed E-state index contributed by atoms with van der Waals surface area (Å²) >= 11 is 18.8. The highest BCUT2D eigenvalue weighted by molar-refractivity contribution is 7.92. The molecule has 12 heteroatoms. The number of carbonyl (C=O) groups excluding carboxylic acids is 2. The number of hydrogen-bond donors (Lipinski definition) is 1. The van der Waals surface area contributed by atoms with Crippen LogP contribution in [0.3, 0.4) is 0 Å². The van der Waals surface area contributed by atoms with Crippen molar-refractivity contribution in [3.8, 4) is 5.75 Å². The van der Waals surface area contributed by atoms with Gasteiger partial charge in [-0.15, -0.1) is 0 Å². The molecule has 0 aromatic heterocycles. The Morgan fingerprint density at radius 1 is 1.03 bits per heavy atom. The van der Waals surface area contributed by atoms with E-state index < -0.39 is 34.4 Å². The summed E-state index contributed by atoms with van der Waals surface area (Å²) in [5, 5.41) is 3.57. The topological polar surface area (TPSA) is 96.0 Å². The quantitative estimate of drug-likeness (QED) is 0.463. The summed E-state index contributed by atoms with van der Waals surface area (Å²) in [6, 6.07) is 8.15. The molecule has 0 aliphatic heterocycles. The number of methoxy groups -OCH3 is 1. The minimum absolute atomic E-state index is 0.106. The van der Waals surface area contributed by atoms with Crippen LogP contribution in [0, 0.1) is 0 Å². The Hall–Kier alpha value is -2.20. The number of benzene rings is 2. The van der Waals surface area contributed by atoms with Gasteiger partial charge in [0.2, 0.25) is 21.8 Å². The molecule has 0 radical (unpaired) electrons. The first-order valence-electron chi connectivity index (χ1n) is 10.6. The van der Waals surface area contributed by atoms with Crippen molar-refractivity contribution in [1.29, 1.82) is 0 Å². The van der Waals surface area contributed by atoms with Gasteiger partial charge in [0, 0.05) is 28.2 Å². The lowest BCUT2D eigenvalue weighted by Crippen LogP contribution is -2.52. The van der Waals surface area contributed by atoms with Crippen LogP contribution in [0.1, 0.15) is 26.3 Å². The zero-order chi connectivity index (χ0) is 26.5. The van der Waals surface area contributed by atoms with E-state index in [2.05, 4.69) is 5.32 Å². The number of hydrogen-bond acceptors (Lipinski definition) is 5. The second-order valence-electron chi connectivity index (χ2n) is 8.15. The van der Waals surface area contributed by atoms with Gasteiger partial charge in [-0.3, -0.25) is 13.9 Å². The van der Waals surface area contributed by atoms with Gasteiger partial charge in [0.15, 0.2) is 0 Å². The van der Waals surface area contributed by atoms with Crippen LogP contribution >= 0.6 is 34.8 Å². The number of ether oxygens (including phenoxy) is 1. The summed E-state index contributed by atoms with van der Waals surface area (Å²) in [6.45, 7) is 4.45. The Kier molecular flexibility index (Phi) is 10.1. The first kappa shape index (κ1) is 29.0. The maximum absolute atomic E-state index is 13.5. The molecule has 0 unspecified atom stereocenters. The van der Waals surface area contributed by atoms with Crippen molar-refractivity contribution in [2.75, 3.05) is 24.2 Å². The highest BCUT2D eigenvalue weighted by Crippen LogP contribution is 2.31. The maximum Gasteiger partial charge on any atom is 0.244 e. The fraction of sp³-hybridized carbons (Fsp3) is 0.391. The van der Waals surface area contributed by atoms with Crippen LogP contribution < -0.4 is 14.4 Å². The van der Waals surface area contributed by atoms with E-state index in [0.717, 1.165) is 10.6 Å². The number of halogens is 3. The average molecular weight is 565 g/mol. The van der Waals surface area contributed by atoms with Crippen molar-refractivity contribution in [3.63, 3.8) is 0 Å². The highest BCUT2D eigenvalue weighted by atomic mass is 35.5. The molecule has 1 N–H and O–H groups in total. The fourth-order valence-electron chi connectivity index (χ4n) is 3.27. The number of rotatable bonds is 10. The molecule has 2 aromatic rings. The molecule has 0 saturated carbocycles. The Bertz CT molecular complexity index is 1170. The number of amides is 2. The van der Waals surface area contributed by atoms with Crippen molar-refractivity contribution >= 4 is 62.3 Å². The molecule has 35 heavy (non-hydrogen) atoms. The van der Waals surface area contributed by atoms with E-state index >= 15 is 0 Å². The highest BCUT2D eigenvalue weighted by Gasteiger charge is 2.31. The van der Waals surface area contributed by atoms with Gasteiger partial charge in [0.25, 0.3) is 0 Å². The number of sulfonamides is 1. The van der Waals surface area contributed by atoms with Crippen LogP contribution in [0.25, 0.3) is 0 Å². The van der Waals surface area contributed by atoms with Crippen LogP contribution in [0.5, 0.6) is 5.75 Å². The second kappa shape index (κ2) is 12.2.